The van der Waals surface area contributed by atoms with Gasteiger partial charge in [0.2, 0.25) is 0 Å². The molecule has 0 amide bonds. The van der Waals surface area contributed by atoms with Gasteiger partial charge in [0.1, 0.15) is 17.3 Å². The van der Waals surface area contributed by atoms with Crippen molar-refractivity contribution in [2.75, 3.05) is 6.61 Å². The molecule has 1 heterocycles. The highest BCUT2D eigenvalue weighted by Crippen LogP contribution is 2.35. The Morgan fingerprint density at radius 1 is 1.17 bits per heavy atom. The lowest BCUT2D eigenvalue weighted by Gasteiger charge is -2.15. The first-order valence-electron chi connectivity index (χ1n) is 11.9. The first-order chi connectivity index (χ1) is 17.4. The molecule has 188 valence electrons. The molecule has 0 aliphatic heterocycles. The molecule has 0 spiro atoms. The summed E-state index contributed by atoms with van der Waals surface area (Å²) in [6, 6.07) is 14.8. The van der Waals surface area contributed by atoms with Crippen molar-refractivity contribution in [3.63, 3.8) is 0 Å². The summed E-state index contributed by atoms with van der Waals surface area (Å²) in [7, 11) is 0. The van der Waals surface area contributed by atoms with E-state index in [1.807, 2.05) is 12.1 Å². The van der Waals surface area contributed by atoms with E-state index in [1.165, 1.54) is 12.1 Å². The number of ether oxygens (including phenoxy) is 1. The Labute approximate surface area is 213 Å². The van der Waals surface area contributed by atoms with Gasteiger partial charge >= 0.3 is 5.97 Å². The second kappa shape index (κ2) is 11.5. The van der Waals surface area contributed by atoms with Crippen LogP contribution in [0.5, 0.6) is 5.75 Å². The van der Waals surface area contributed by atoms with Crippen molar-refractivity contribution in [2.24, 2.45) is 0 Å². The number of hydrogen-bond donors (Lipinski definition) is 2. The molecule has 4 aromatic rings. The average molecular weight is 512 g/mol. The lowest BCUT2D eigenvalue weighted by Crippen LogP contribution is -2.05. The van der Waals surface area contributed by atoms with Gasteiger partial charge in [0.25, 0.3) is 0 Å². The van der Waals surface area contributed by atoms with E-state index < -0.39 is 12.1 Å². The fourth-order valence-corrected chi connectivity index (χ4v) is 4.55. The Morgan fingerprint density at radius 3 is 2.64 bits per heavy atom. The zero-order valence-electron chi connectivity index (χ0n) is 19.8. The lowest BCUT2D eigenvalue weighted by atomic mass is 10.0. The van der Waals surface area contributed by atoms with Crippen LogP contribution in [0.1, 0.15) is 49.0 Å². The summed E-state index contributed by atoms with van der Waals surface area (Å²) in [6.45, 7) is 2.45. The fourth-order valence-electron chi connectivity index (χ4n) is 4.22. The molecule has 0 saturated heterocycles. The van der Waals surface area contributed by atoms with Crippen LogP contribution in [-0.2, 0) is 17.6 Å². The summed E-state index contributed by atoms with van der Waals surface area (Å²) < 4.78 is 25.1. The van der Waals surface area contributed by atoms with Crippen LogP contribution in [-0.4, -0.2) is 27.9 Å². The van der Waals surface area contributed by atoms with Gasteiger partial charge in [-0.25, -0.2) is 4.39 Å². The number of aliphatic carboxylic acids is 1. The Kier molecular flexibility index (Phi) is 8.23. The smallest absolute Gasteiger partial charge is 0.307 e. The third-order valence-electron chi connectivity index (χ3n) is 5.98. The topological polar surface area (TPSA) is 92.8 Å². The minimum absolute atomic E-state index is 0.120. The summed E-state index contributed by atoms with van der Waals surface area (Å²) in [5.74, 6) is -0.539. The van der Waals surface area contributed by atoms with E-state index in [0.29, 0.717) is 52.6 Å². The maximum Gasteiger partial charge on any atom is 0.307 e. The van der Waals surface area contributed by atoms with Gasteiger partial charge in [0, 0.05) is 16.1 Å². The number of carbonyl (C=O) groups is 1. The number of aryl methyl sites for hydroxylation is 1. The number of aliphatic hydroxyl groups excluding tert-OH is 1. The molecule has 0 unspecified atom stereocenters. The predicted molar refractivity (Wildman–Crippen MR) is 136 cm³/mol. The number of carboxylic acids is 1. The van der Waals surface area contributed by atoms with Crippen LogP contribution in [0.2, 0.25) is 5.02 Å². The van der Waals surface area contributed by atoms with Crippen LogP contribution in [0.3, 0.4) is 0 Å². The SMILES string of the molecule is CCCc1c(OCCC[C@@H](O)c2ccc(CC(=O)O)cc2Cl)ccc2c(-c3ccc(F)cc3)noc12. The first kappa shape index (κ1) is 25.7. The molecule has 0 radical (unpaired) electrons. The van der Waals surface area contributed by atoms with Gasteiger partial charge in [-0.15, -0.1) is 0 Å². The number of fused-ring (bicyclic) bond motifs is 1. The monoisotopic (exact) mass is 511 g/mol. The molecular weight excluding hydrogens is 485 g/mol. The van der Waals surface area contributed by atoms with E-state index in [2.05, 4.69) is 12.1 Å². The lowest BCUT2D eigenvalue weighted by molar-refractivity contribution is -0.136. The summed E-state index contributed by atoms with van der Waals surface area (Å²) in [5.41, 5.74) is 4.16. The highest BCUT2D eigenvalue weighted by Gasteiger charge is 2.18. The standard InChI is InChI=1S/C28H27ClFNO5/c1-2-4-21-25(13-12-22-27(31-36-28(21)22)18-7-9-19(30)10-8-18)35-14-3-5-24(32)20-11-6-17(15-23(20)29)16-26(33)34/h6-13,15,24,32H,2-5,14,16H2,1H3,(H,33,34)/t24-/m1/s1. The Bertz CT molecular complexity index is 1350. The highest BCUT2D eigenvalue weighted by molar-refractivity contribution is 6.31. The Morgan fingerprint density at radius 2 is 1.94 bits per heavy atom. The summed E-state index contributed by atoms with van der Waals surface area (Å²) in [5, 5.41) is 24.9. The number of hydrogen-bond acceptors (Lipinski definition) is 5. The van der Waals surface area contributed by atoms with Crippen LogP contribution in [0.4, 0.5) is 4.39 Å². The molecule has 0 fully saturated rings. The van der Waals surface area contributed by atoms with Crippen LogP contribution >= 0.6 is 11.6 Å². The van der Waals surface area contributed by atoms with Gasteiger partial charge in [0.05, 0.1) is 24.5 Å². The number of halogens is 2. The molecule has 4 rings (SSSR count). The van der Waals surface area contributed by atoms with Crippen molar-refractivity contribution in [1.82, 2.24) is 5.16 Å². The minimum Gasteiger partial charge on any atom is -0.493 e. The first-order valence-corrected chi connectivity index (χ1v) is 12.2. The Balaban J connectivity index is 1.43. The number of benzene rings is 3. The minimum atomic E-state index is -0.936. The van der Waals surface area contributed by atoms with Crippen molar-refractivity contribution >= 4 is 28.5 Å². The normalized spacial score (nSPS) is 12.1. The third-order valence-corrected chi connectivity index (χ3v) is 6.30. The average Bonchev–Trinajstić information content (AvgIpc) is 3.27. The molecule has 3 aromatic carbocycles. The molecule has 0 saturated carbocycles. The molecule has 1 atom stereocenters. The number of carboxylic acid groups (broad SMARTS) is 1. The predicted octanol–water partition coefficient (Wildman–Crippen LogP) is 6.76. The largest absolute Gasteiger partial charge is 0.493 e. The molecule has 8 heteroatoms. The van der Waals surface area contributed by atoms with Crippen LogP contribution in [0.25, 0.3) is 22.2 Å². The van der Waals surface area contributed by atoms with E-state index in [-0.39, 0.29) is 12.2 Å². The van der Waals surface area contributed by atoms with Gasteiger partial charge < -0.3 is 19.5 Å². The van der Waals surface area contributed by atoms with Gasteiger partial charge in [-0.05, 0) is 72.9 Å². The molecule has 2 N–H and O–H groups in total. The van der Waals surface area contributed by atoms with Gasteiger partial charge in [-0.3, -0.25) is 4.79 Å². The molecule has 0 aliphatic rings. The quantitative estimate of drug-likeness (QED) is 0.216. The Hall–Kier alpha value is -3.42. The van der Waals surface area contributed by atoms with Crippen molar-refractivity contribution < 1.29 is 28.7 Å². The molecule has 0 bridgehead atoms. The van der Waals surface area contributed by atoms with Crippen LogP contribution in [0.15, 0.2) is 59.1 Å². The van der Waals surface area contributed by atoms with E-state index in [4.69, 9.17) is 26.0 Å². The van der Waals surface area contributed by atoms with E-state index in [9.17, 15) is 14.3 Å². The molecule has 6 nitrogen and oxygen atoms in total. The zero-order chi connectivity index (χ0) is 25.7. The molecule has 0 aliphatic carbocycles. The van der Waals surface area contributed by atoms with Gasteiger partial charge in [-0.2, -0.15) is 0 Å². The van der Waals surface area contributed by atoms with Crippen molar-refractivity contribution in [1.29, 1.82) is 0 Å². The van der Waals surface area contributed by atoms with Crippen molar-refractivity contribution in [3.05, 3.63) is 82.1 Å². The van der Waals surface area contributed by atoms with E-state index in [1.54, 1.807) is 30.3 Å². The number of aromatic nitrogens is 1. The molecule has 1 aromatic heterocycles. The fraction of sp³-hybridized carbons (Fsp3) is 0.286. The zero-order valence-corrected chi connectivity index (χ0v) is 20.6. The van der Waals surface area contributed by atoms with Gasteiger partial charge in [-0.1, -0.05) is 42.2 Å². The van der Waals surface area contributed by atoms with Crippen molar-refractivity contribution in [2.45, 2.75) is 45.1 Å². The van der Waals surface area contributed by atoms with Gasteiger partial charge in [0.15, 0.2) is 5.58 Å². The maximum atomic E-state index is 13.3. The van der Waals surface area contributed by atoms with E-state index in [0.717, 1.165) is 29.4 Å². The molecule has 36 heavy (non-hydrogen) atoms. The summed E-state index contributed by atoms with van der Waals surface area (Å²) in [4.78, 5) is 10.9. The van der Waals surface area contributed by atoms with Crippen molar-refractivity contribution in [3.8, 4) is 17.0 Å². The molecular formula is C28H27ClFNO5. The second-order valence-corrected chi connectivity index (χ2v) is 9.05. The third kappa shape index (κ3) is 5.86. The number of rotatable bonds is 11. The van der Waals surface area contributed by atoms with Crippen LogP contribution in [0, 0.1) is 5.82 Å². The van der Waals surface area contributed by atoms with Crippen LogP contribution < -0.4 is 4.74 Å². The van der Waals surface area contributed by atoms with E-state index >= 15 is 0 Å². The number of nitrogens with zero attached hydrogens (tertiary/aromatic N) is 1. The summed E-state index contributed by atoms with van der Waals surface area (Å²) in [6.07, 6.45) is 1.73. The second-order valence-electron chi connectivity index (χ2n) is 8.64. The highest BCUT2D eigenvalue weighted by atomic mass is 35.5. The number of aliphatic hydroxyl groups is 1. The maximum absolute atomic E-state index is 13.3. The summed E-state index contributed by atoms with van der Waals surface area (Å²) >= 11 is 6.26.